The minimum Gasteiger partial charge on any atom is -0.508 e. The summed E-state index contributed by atoms with van der Waals surface area (Å²) >= 11 is 3.45. The zero-order valence-electron chi connectivity index (χ0n) is 8.57. The number of aromatic hydroxyl groups is 1. The second-order valence-electron chi connectivity index (χ2n) is 3.59. The smallest absolute Gasteiger partial charge is 0.115 e. The average molecular weight is 258 g/mol. The first-order chi connectivity index (χ1) is 6.63. The molecule has 0 fully saturated rings. The van der Waals surface area contributed by atoms with Crippen molar-refractivity contribution in [1.29, 1.82) is 0 Å². The molecule has 2 nitrogen and oxygen atoms in total. The minimum absolute atomic E-state index is 0.336. The van der Waals surface area contributed by atoms with Gasteiger partial charge in [-0.25, -0.2) is 0 Å². The summed E-state index contributed by atoms with van der Waals surface area (Å²) in [6.45, 7) is 3.03. The number of nitrogens with zero attached hydrogens (tertiary/aromatic N) is 1. The van der Waals surface area contributed by atoms with Crippen molar-refractivity contribution in [2.24, 2.45) is 0 Å². The normalized spacial score (nSPS) is 13.1. The summed E-state index contributed by atoms with van der Waals surface area (Å²) in [7, 11) is 2.08. The molecule has 0 aliphatic rings. The average Bonchev–Trinajstić information content (AvgIpc) is 2.16. The quantitative estimate of drug-likeness (QED) is 0.839. The van der Waals surface area contributed by atoms with E-state index in [1.165, 1.54) is 0 Å². The summed E-state index contributed by atoms with van der Waals surface area (Å²) in [4.78, 5) is 2.24. The molecule has 0 aliphatic carbocycles. The van der Waals surface area contributed by atoms with Gasteiger partial charge in [-0.3, -0.25) is 4.90 Å². The fourth-order valence-electron chi connectivity index (χ4n) is 1.22. The van der Waals surface area contributed by atoms with Crippen LogP contribution in [0.4, 0.5) is 0 Å². The van der Waals surface area contributed by atoms with E-state index < -0.39 is 0 Å². The molecule has 1 aromatic carbocycles. The predicted octanol–water partition coefficient (Wildman–Crippen LogP) is 2.61. The fourth-order valence-corrected chi connectivity index (χ4v) is 1.71. The van der Waals surface area contributed by atoms with Gasteiger partial charge in [-0.15, -0.1) is 0 Å². The van der Waals surface area contributed by atoms with Gasteiger partial charge in [0.1, 0.15) is 5.75 Å². The SMILES string of the molecule is CC(CBr)N(C)Cc1cccc(O)c1. The molecule has 0 saturated carbocycles. The van der Waals surface area contributed by atoms with Crippen molar-refractivity contribution < 1.29 is 5.11 Å². The van der Waals surface area contributed by atoms with Crippen molar-refractivity contribution in [1.82, 2.24) is 4.90 Å². The second-order valence-corrected chi connectivity index (χ2v) is 4.24. The third-order valence-electron chi connectivity index (χ3n) is 2.32. The topological polar surface area (TPSA) is 23.5 Å². The van der Waals surface area contributed by atoms with E-state index in [9.17, 15) is 5.11 Å². The van der Waals surface area contributed by atoms with Gasteiger partial charge in [0.05, 0.1) is 0 Å². The lowest BCUT2D eigenvalue weighted by Gasteiger charge is -2.22. The van der Waals surface area contributed by atoms with Crippen LogP contribution in [-0.4, -0.2) is 28.4 Å². The molecule has 1 rings (SSSR count). The van der Waals surface area contributed by atoms with E-state index in [2.05, 4.69) is 34.8 Å². The second kappa shape index (κ2) is 5.37. The Morgan fingerprint density at radius 1 is 1.50 bits per heavy atom. The molecule has 0 aliphatic heterocycles. The maximum absolute atomic E-state index is 9.29. The first-order valence-electron chi connectivity index (χ1n) is 4.67. The Morgan fingerprint density at radius 3 is 2.79 bits per heavy atom. The molecule has 0 bridgehead atoms. The number of phenolic OH excluding ortho intramolecular Hbond substituents is 1. The highest BCUT2D eigenvalue weighted by atomic mass is 79.9. The largest absolute Gasteiger partial charge is 0.508 e. The number of benzene rings is 1. The number of hydrogen-bond acceptors (Lipinski definition) is 2. The number of alkyl halides is 1. The zero-order chi connectivity index (χ0) is 10.6. The van der Waals surface area contributed by atoms with Gasteiger partial charge in [-0.05, 0) is 31.7 Å². The third kappa shape index (κ3) is 3.31. The number of halogens is 1. The zero-order valence-corrected chi connectivity index (χ0v) is 10.2. The molecule has 0 amide bonds. The van der Waals surface area contributed by atoms with Crippen molar-refractivity contribution in [2.45, 2.75) is 19.5 Å². The van der Waals surface area contributed by atoms with E-state index in [0.29, 0.717) is 11.8 Å². The van der Waals surface area contributed by atoms with Crippen LogP contribution in [0.15, 0.2) is 24.3 Å². The number of phenols is 1. The Balaban J connectivity index is 2.60. The van der Waals surface area contributed by atoms with Gasteiger partial charge in [0.2, 0.25) is 0 Å². The van der Waals surface area contributed by atoms with Crippen molar-refractivity contribution in [3.63, 3.8) is 0 Å². The molecule has 14 heavy (non-hydrogen) atoms. The first kappa shape index (κ1) is 11.5. The van der Waals surface area contributed by atoms with Crippen LogP contribution in [0.5, 0.6) is 5.75 Å². The van der Waals surface area contributed by atoms with E-state index in [1.54, 1.807) is 12.1 Å². The Morgan fingerprint density at radius 2 is 2.21 bits per heavy atom. The Bertz CT molecular complexity index is 290. The molecule has 0 radical (unpaired) electrons. The molecule has 78 valence electrons. The lowest BCUT2D eigenvalue weighted by molar-refractivity contribution is 0.270. The highest BCUT2D eigenvalue weighted by molar-refractivity contribution is 9.09. The minimum atomic E-state index is 0.336. The van der Waals surface area contributed by atoms with Crippen LogP contribution < -0.4 is 0 Å². The summed E-state index contributed by atoms with van der Waals surface area (Å²) in [5, 5.41) is 10.3. The summed E-state index contributed by atoms with van der Waals surface area (Å²) < 4.78 is 0. The maximum Gasteiger partial charge on any atom is 0.115 e. The van der Waals surface area contributed by atoms with E-state index in [-0.39, 0.29) is 0 Å². The van der Waals surface area contributed by atoms with Crippen LogP contribution in [0, 0.1) is 0 Å². The highest BCUT2D eigenvalue weighted by Gasteiger charge is 2.07. The number of rotatable bonds is 4. The van der Waals surface area contributed by atoms with Crippen molar-refractivity contribution in [3.05, 3.63) is 29.8 Å². The molecular weight excluding hydrogens is 242 g/mol. The fraction of sp³-hybridized carbons (Fsp3) is 0.455. The maximum atomic E-state index is 9.29. The van der Waals surface area contributed by atoms with Crippen molar-refractivity contribution in [3.8, 4) is 5.75 Å². The summed E-state index contributed by atoms with van der Waals surface area (Å²) in [5.41, 5.74) is 1.14. The molecule has 0 heterocycles. The van der Waals surface area contributed by atoms with E-state index in [1.807, 2.05) is 12.1 Å². The lowest BCUT2D eigenvalue weighted by Crippen LogP contribution is -2.29. The summed E-state index contributed by atoms with van der Waals surface area (Å²) in [6, 6.07) is 7.89. The van der Waals surface area contributed by atoms with E-state index >= 15 is 0 Å². The molecule has 1 unspecified atom stereocenters. The molecule has 3 heteroatoms. The monoisotopic (exact) mass is 257 g/mol. The molecule has 1 atom stereocenters. The number of hydrogen-bond donors (Lipinski definition) is 1. The Hall–Kier alpha value is -0.540. The molecule has 0 saturated heterocycles. The standard InChI is InChI=1S/C11H16BrNO/c1-9(7-12)13(2)8-10-4-3-5-11(14)6-10/h3-6,9,14H,7-8H2,1-2H3. The van der Waals surface area contributed by atoms with Crippen molar-refractivity contribution >= 4 is 15.9 Å². The third-order valence-corrected chi connectivity index (χ3v) is 3.26. The Kier molecular flexibility index (Phi) is 4.42. The molecule has 0 spiro atoms. The van der Waals surface area contributed by atoms with Crippen LogP contribution in [0.3, 0.4) is 0 Å². The summed E-state index contributed by atoms with van der Waals surface area (Å²) in [5.74, 6) is 0.336. The van der Waals surface area contributed by atoms with E-state index in [4.69, 9.17) is 0 Å². The van der Waals surface area contributed by atoms with Gasteiger partial charge < -0.3 is 5.11 Å². The van der Waals surface area contributed by atoms with Crippen LogP contribution in [0.1, 0.15) is 12.5 Å². The molecular formula is C11H16BrNO. The van der Waals surface area contributed by atoms with Gasteiger partial charge in [0.25, 0.3) is 0 Å². The van der Waals surface area contributed by atoms with Crippen molar-refractivity contribution in [2.75, 3.05) is 12.4 Å². The lowest BCUT2D eigenvalue weighted by atomic mass is 10.2. The molecule has 1 N–H and O–H groups in total. The van der Waals surface area contributed by atoms with Gasteiger partial charge in [-0.1, -0.05) is 28.1 Å². The predicted molar refractivity (Wildman–Crippen MR) is 62.8 cm³/mol. The van der Waals surface area contributed by atoms with Crippen LogP contribution in [0.25, 0.3) is 0 Å². The van der Waals surface area contributed by atoms with Gasteiger partial charge in [0.15, 0.2) is 0 Å². The van der Waals surface area contributed by atoms with Crippen LogP contribution in [0.2, 0.25) is 0 Å². The highest BCUT2D eigenvalue weighted by Crippen LogP contribution is 2.13. The van der Waals surface area contributed by atoms with Crippen LogP contribution >= 0.6 is 15.9 Å². The van der Waals surface area contributed by atoms with Gasteiger partial charge in [-0.2, -0.15) is 0 Å². The summed E-state index contributed by atoms with van der Waals surface area (Å²) in [6.07, 6.45) is 0. The van der Waals surface area contributed by atoms with Gasteiger partial charge in [0, 0.05) is 17.9 Å². The van der Waals surface area contributed by atoms with Gasteiger partial charge >= 0.3 is 0 Å². The van der Waals surface area contributed by atoms with E-state index in [0.717, 1.165) is 17.4 Å². The Labute approximate surface area is 93.7 Å². The van der Waals surface area contributed by atoms with Crippen LogP contribution in [-0.2, 0) is 6.54 Å². The molecule has 1 aromatic rings. The first-order valence-corrected chi connectivity index (χ1v) is 5.79. The molecule has 0 aromatic heterocycles.